The van der Waals surface area contributed by atoms with Gasteiger partial charge in [-0.15, -0.1) is 0 Å². The topological polar surface area (TPSA) is 71.4 Å². The molecular weight excluding hydrogens is 240 g/mol. The van der Waals surface area contributed by atoms with Crippen LogP contribution < -0.4 is 0 Å². The smallest absolute Gasteiger partial charge is 0.161 e. The highest BCUT2D eigenvalue weighted by molar-refractivity contribution is 6.38. The molecule has 0 radical (unpaired) electrons. The number of rotatable bonds is 0. The monoisotopic (exact) mass is 239 g/mol. The molecule has 72 valence electrons. The van der Waals surface area contributed by atoms with Gasteiger partial charge in [0, 0.05) is 0 Å². The maximum absolute atomic E-state index is 13.4. The standard InChI is InChI=1S/C9Cl2FN3/c10-7-4(1-13)8(11)6(3-15)9(12)5(7)2-14. The van der Waals surface area contributed by atoms with E-state index in [4.69, 9.17) is 39.0 Å². The molecule has 0 aliphatic rings. The molecule has 0 fully saturated rings. The Morgan fingerprint density at radius 1 is 0.800 bits per heavy atom. The van der Waals surface area contributed by atoms with Gasteiger partial charge in [-0.2, -0.15) is 15.8 Å². The highest BCUT2D eigenvalue weighted by atomic mass is 35.5. The molecule has 0 aliphatic carbocycles. The molecule has 3 nitrogen and oxygen atoms in total. The molecule has 0 N–H and O–H groups in total. The van der Waals surface area contributed by atoms with Gasteiger partial charge in [-0.05, 0) is 0 Å². The van der Waals surface area contributed by atoms with Crippen LogP contribution in [0.1, 0.15) is 16.7 Å². The van der Waals surface area contributed by atoms with Crippen molar-refractivity contribution in [2.24, 2.45) is 0 Å². The number of hydrogen-bond donors (Lipinski definition) is 0. The normalized spacial score (nSPS) is 8.80. The minimum Gasteiger partial charge on any atom is -0.204 e. The van der Waals surface area contributed by atoms with E-state index >= 15 is 0 Å². The average molecular weight is 240 g/mol. The Balaban J connectivity index is 3.88. The Morgan fingerprint density at radius 2 is 1.13 bits per heavy atom. The first kappa shape index (κ1) is 11.3. The van der Waals surface area contributed by atoms with Crippen molar-refractivity contribution in [2.45, 2.75) is 0 Å². The van der Waals surface area contributed by atoms with Crippen molar-refractivity contribution in [3.63, 3.8) is 0 Å². The molecule has 1 aromatic carbocycles. The van der Waals surface area contributed by atoms with E-state index in [9.17, 15) is 4.39 Å². The van der Waals surface area contributed by atoms with Crippen LogP contribution in [-0.4, -0.2) is 0 Å². The van der Waals surface area contributed by atoms with Gasteiger partial charge in [-0.3, -0.25) is 0 Å². The fraction of sp³-hybridized carbons (Fsp3) is 0. The summed E-state index contributed by atoms with van der Waals surface area (Å²) in [4.78, 5) is 0. The third-order valence-electron chi connectivity index (χ3n) is 1.65. The first-order valence-electron chi connectivity index (χ1n) is 3.49. The largest absolute Gasteiger partial charge is 0.204 e. The fourth-order valence-electron chi connectivity index (χ4n) is 0.959. The Morgan fingerprint density at radius 3 is 1.40 bits per heavy atom. The molecule has 0 unspecified atom stereocenters. The third-order valence-corrected chi connectivity index (χ3v) is 2.41. The summed E-state index contributed by atoms with van der Waals surface area (Å²) in [5.74, 6) is -1.10. The van der Waals surface area contributed by atoms with Gasteiger partial charge >= 0.3 is 0 Å². The zero-order chi connectivity index (χ0) is 11.6. The van der Waals surface area contributed by atoms with E-state index in [1.54, 1.807) is 6.07 Å². The van der Waals surface area contributed by atoms with Crippen molar-refractivity contribution in [2.75, 3.05) is 0 Å². The number of halogens is 3. The molecule has 0 saturated heterocycles. The Labute approximate surface area is 94.5 Å². The summed E-state index contributed by atoms with van der Waals surface area (Å²) in [7, 11) is 0. The summed E-state index contributed by atoms with van der Waals surface area (Å²) in [6.07, 6.45) is 0. The van der Waals surface area contributed by atoms with Crippen molar-refractivity contribution in [1.82, 2.24) is 0 Å². The van der Waals surface area contributed by atoms with Crippen molar-refractivity contribution < 1.29 is 4.39 Å². The van der Waals surface area contributed by atoms with E-state index in [0.717, 1.165) is 0 Å². The lowest BCUT2D eigenvalue weighted by atomic mass is 10.1. The maximum Gasteiger partial charge on any atom is 0.161 e. The second-order valence-electron chi connectivity index (χ2n) is 2.40. The minimum atomic E-state index is -1.10. The zero-order valence-corrected chi connectivity index (χ0v) is 8.49. The van der Waals surface area contributed by atoms with Crippen LogP contribution in [0.4, 0.5) is 4.39 Å². The SMILES string of the molecule is N#Cc1c(F)c(C#N)c(Cl)c(C#N)c1Cl. The summed E-state index contributed by atoms with van der Waals surface area (Å²) in [6, 6.07) is 4.55. The van der Waals surface area contributed by atoms with Gasteiger partial charge in [0.15, 0.2) is 5.82 Å². The lowest BCUT2D eigenvalue weighted by Gasteiger charge is -2.04. The number of hydrogen-bond acceptors (Lipinski definition) is 3. The van der Waals surface area contributed by atoms with Crippen molar-refractivity contribution >= 4 is 23.2 Å². The van der Waals surface area contributed by atoms with Crippen LogP contribution in [0, 0.1) is 39.8 Å². The maximum atomic E-state index is 13.4. The van der Waals surface area contributed by atoms with Crippen LogP contribution in [0.2, 0.25) is 10.0 Å². The van der Waals surface area contributed by atoms with E-state index in [2.05, 4.69) is 0 Å². The van der Waals surface area contributed by atoms with Crippen LogP contribution in [-0.2, 0) is 0 Å². The highest BCUT2D eigenvalue weighted by Crippen LogP contribution is 2.33. The molecule has 0 aromatic heterocycles. The molecule has 1 rings (SSSR count). The second kappa shape index (κ2) is 4.15. The summed E-state index contributed by atoms with van der Waals surface area (Å²) < 4.78 is 13.4. The van der Waals surface area contributed by atoms with Gasteiger partial charge in [0.05, 0.1) is 15.6 Å². The van der Waals surface area contributed by atoms with Crippen molar-refractivity contribution in [3.8, 4) is 18.2 Å². The number of nitrogens with zero attached hydrogens (tertiary/aromatic N) is 3. The van der Waals surface area contributed by atoms with Gasteiger partial charge < -0.3 is 0 Å². The van der Waals surface area contributed by atoms with Crippen LogP contribution >= 0.6 is 23.2 Å². The Bertz CT molecular complexity index is 459. The zero-order valence-electron chi connectivity index (χ0n) is 6.98. The van der Waals surface area contributed by atoms with Crippen molar-refractivity contribution in [3.05, 3.63) is 32.6 Å². The average Bonchev–Trinajstić information content (AvgIpc) is 2.19. The fourth-order valence-corrected chi connectivity index (χ4v) is 1.53. The Hall–Kier alpha value is -1.80. The predicted molar refractivity (Wildman–Crippen MR) is 50.6 cm³/mol. The molecule has 0 atom stereocenters. The molecule has 0 spiro atoms. The Kier molecular flexibility index (Phi) is 3.12. The first-order chi connectivity index (χ1) is 7.08. The van der Waals surface area contributed by atoms with Gasteiger partial charge in [0.25, 0.3) is 0 Å². The predicted octanol–water partition coefficient (Wildman–Crippen LogP) is 2.75. The van der Waals surface area contributed by atoms with Gasteiger partial charge in [-0.1, -0.05) is 23.2 Å². The van der Waals surface area contributed by atoms with Crippen LogP contribution in [0.15, 0.2) is 0 Å². The lowest BCUT2D eigenvalue weighted by Crippen LogP contribution is -1.96. The number of nitriles is 3. The van der Waals surface area contributed by atoms with Crippen LogP contribution in [0.25, 0.3) is 0 Å². The minimum absolute atomic E-state index is 0.271. The van der Waals surface area contributed by atoms with E-state index in [-0.39, 0.29) is 15.6 Å². The van der Waals surface area contributed by atoms with Gasteiger partial charge in [0.2, 0.25) is 0 Å². The van der Waals surface area contributed by atoms with Gasteiger partial charge in [0.1, 0.15) is 29.3 Å². The summed E-state index contributed by atoms with van der Waals surface area (Å²) in [5, 5.41) is 25.1. The molecule has 0 heterocycles. The molecular formula is C9Cl2FN3. The third kappa shape index (κ3) is 1.60. The first-order valence-corrected chi connectivity index (χ1v) is 4.24. The number of benzene rings is 1. The highest BCUT2D eigenvalue weighted by Gasteiger charge is 2.22. The molecule has 6 heteroatoms. The van der Waals surface area contributed by atoms with Crippen LogP contribution in [0.3, 0.4) is 0 Å². The molecule has 0 aliphatic heterocycles. The summed E-state index contributed by atoms with van der Waals surface area (Å²) in [5.41, 5.74) is -1.36. The quantitative estimate of drug-likeness (QED) is 0.699. The van der Waals surface area contributed by atoms with E-state index < -0.39 is 16.9 Å². The van der Waals surface area contributed by atoms with Gasteiger partial charge in [-0.25, -0.2) is 4.39 Å². The summed E-state index contributed by atoms with van der Waals surface area (Å²) >= 11 is 11.1. The van der Waals surface area contributed by atoms with E-state index in [0.29, 0.717) is 0 Å². The van der Waals surface area contributed by atoms with Crippen molar-refractivity contribution in [1.29, 1.82) is 15.8 Å². The summed E-state index contributed by atoms with van der Waals surface area (Å²) in [6.45, 7) is 0. The molecule has 0 amide bonds. The molecule has 0 bridgehead atoms. The van der Waals surface area contributed by atoms with Crippen LogP contribution in [0.5, 0.6) is 0 Å². The molecule has 1 aromatic rings. The lowest BCUT2D eigenvalue weighted by molar-refractivity contribution is 0.620. The molecule has 0 saturated carbocycles. The van der Waals surface area contributed by atoms with E-state index in [1.165, 1.54) is 12.1 Å². The molecule has 15 heavy (non-hydrogen) atoms. The second-order valence-corrected chi connectivity index (χ2v) is 3.16. The van der Waals surface area contributed by atoms with E-state index in [1.807, 2.05) is 0 Å².